The lowest BCUT2D eigenvalue weighted by Crippen LogP contribution is -2.54. The zero-order chi connectivity index (χ0) is 32.6. The zero-order valence-corrected chi connectivity index (χ0v) is 27.1. The van der Waals surface area contributed by atoms with Crippen molar-refractivity contribution >= 4 is 39.1 Å². The van der Waals surface area contributed by atoms with Crippen LogP contribution in [0.1, 0.15) is 37.0 Å². The van der Waals surface area contributed by atoms with Gasteiger partial charge in [0.05, 0.1) is 10.6 Å². The van der Waals surface area contributed by atoms with Crippen LogP contribution < -0.4 is 9.62 Å². The standard InChI is InChI=1S/C35H37ClFN3O4S/c1-4-26(3)38-35(42)33(22-27-10-6-5-7-11-27)39(23-28-12-8-9-13-32(28)36)34(41)24-40(30-18-14-25(2)15-19-30)45(43,44)31-20-16-29(37)17-21-31/h5-21,26,33H,4,22-24H2,1-3H3,(H,38,42)/t26-,33-/m0/s1. The molecule has 0 saturated heterocycles. The van der Waals surface area contributed by atoms with Crippen LogP contribution >= 0.6 is 11.6 Å². The molecular weight excluding hydrogens is 613 g/mol. The maximum Gasteiger partial charge on any atom is 0.264 e. The average Bonchev–Trinajstić information content (AvgIpc) is 3.03. The normalized spacial score (nSPS) is 12.6. The highest BCUT2D eigenvalue weighted by Crippen LogP contribution is 2.26. The number of carbonyl (C=O) groups excluding carboxylic acids is 2. The van der Waals surface area contributed by atoms with Gasteiger partial charge >= 0.3 is 0 Å². The van der Waals surface area contributed by atoms with E-state index in [0.717, 1.165) is 39.7 Å². The summed E-state index contributed by atoms with van der Waals surface area (Å²) in [5.41, 5.74) is 2.58. The van der Waals surface area contributed by atoms with Crippen molar-refractivity contribution in [1.29, 1.82) is 0 Å². The highest BCUT2D eigenvalue weighted by atomic mass is 35.5. The van der Waals surface area contributed by atoms with Crippen LogP contribution in [0, 0.1) is 12.7 Å². The van der Waals surface area contributed by atoms with E-state index in [1.807, 2.05) is 51.1 Å². The number of amides is 2. The highest BCUT2D eigenvalue weighted by molar-refractivity contribution is 7.92. The number of nitrogens with zero attached hydrogens (tertiary/aromatic N) is 2. The first kappa shape index (κ1) is 33.7. The lowest BCUT2D eigenvalue weighted by atomic mass is 10.0. The Morgan fingerprint density at radius 3 is 2.13 bits per heavy atom. The summed E-state index contributed by atoms with van der Waals surface area (Å²) in [6, 6.07) is 26.3. The van der Waals surface area contributed by atoms with Crippen molar-refractivity contribution in [2.45, 2.75) is 57.1 Å². The SMILES string of the molecule is CC[C@H](C)NC(=O)[C@H](Cc1ccccc1)N(Cc1ccccc1Cl)C(=O)CN(c1ccc(C)cc1)S(=O)(=O)c1ccc(F)cc1. The molecule has 10 heteroatoms. The van der Waals surface area contributed by atoms with Crippen molar-refractivity contribution in [2.75, 3.05) is 10.8 Å². The Morgan fingerprint density at radius 1 is 0.889 bits per heavy atom. The second-order valence-corrected chi connectivity index (χ2v) is 13.2. The molecule has 1 N–H and O–H groups in total. The predicted molar refractivity (Wildman–Crippen MR) is 176 cm³/mol. The molecule has 0 aromatic heterocycles. The van der Waals surface area contributed by atoms with Gasteiger partial charge in [0.1, 0.15) is 18.4 Å². The van der Waals surface area contributed by atoms with E-state index in [4.69, 9.17) is 11.6 Å². The monoisotopic (exact) mass is 649 g/mol. The van der Waals surface area contributed by atoms with Gasteiger partial charge in [0.2, 0.25) is 11.8 Å². The number of anilines is 1. The number of hydrogen-bond acceptors (Lipinski definition) is 4. The van der Waals surface area contributed by atoms with Crippen LogP contribution in [-0.4, -0.2) is 43.8 Å². The number of rotatable bonds is 13. The Morgan fingerprint density at radius 2 is 1.51 bits per heavy atom. The van der Waals surface area contributed by atoms with Crippen molar-refractivity contribution in [2.24, 2.45) is 0 Å². The lowest BCUT2D eigenvalue weighted by molar-refractivity contribution is -0.140. The maximum atomic E-state index is 14.5. The minimum Gasteiger partial charge on any atom is -0.352 e. The predicted octanol–water partition coefficient (Wildman–Crippen LogP) is 6.54. The fraction of sp³-hybridized carbons (Fsp3) is 0.257. The van der Waals surface area contributed by atoms with Crippen LogP contribution in [0.15, 0.2) is 108 Å². The van der Waals surface area contributed by atoms with Crippen LogP contribution in [0.5, 0.6) is 0 Å². The second kappa shape index (κ2) is 15.2. The summed E-state index contributed by atoms with van der Waals surface area (Å²) in [5, 5.41) is 3.41. The van der Waals surface area contributed by atoms with Gasteiger partial charge in [-0.25, -0.2) is 12.8 Å². The Kier molecular flexibility index (Phi) is 11.4. The largest absolute Gasteiger partial charge is 0.352 e. The summed E-state index contributed by atoms with van der Waals surface area (Å²) >= 11 is 6.53. The molecule has 0 aliphatic rings. The number of halogens is 2. The van der Waals surface area contributed by atoms with E-state index in [0.29, 0.717) is 17.0 Å². The van der Waals surface area contributed by atoms with Gasteiger partial charge in [-0.1, -0.05) is 84.8 Å². The first-order valence-electron chi connectivity index (χ1n) is 14.7. The van der Waals surface area contributed by atoms with E-state index in [9.17, 15) is 22.4 Å². The van der Waals surface area contributed by atoms with Crippen LogP contribution in [0.25, 0.3) is 0 Å². The van der Waals surface area contributed by atoms with Crippen molar-refractivity contribution in [3.8, 4) is 0 Å². The summed E-state index contributed by atoms with van der Waals surface area (Å²) in [4.78, 5) is 29.6. The van der Waals surface area contributed by atoms with Crippen LogP contribution in [0.2, 0.25) is 5.02 Å². The minimum absolute atomic E-state index is 0.0394. The first-order chi connectivity index (χ1) is 21.5. The van der Waals surface area contributed by atoms with Crippen molar-refractivity contribution < 1.29 is 22.4 Å². The Balaban J connectivity index is 1.81. The molecule has 0 heterocycles. The van der Waals surface area contributed by atoms with Crippen molar-refractivity contribution in [3.63, 3.8) is 0 Å². The van der Waals surface area contributed by atoms with Crippen LogP contribution in [-0.2, 0) is 32.6 Å². The molecule has 236 valence electrons. The number of sulfonamides is 1. The number of benzene rings is 4. The molecule has 0 aliphatic carbocycles. The Bertz CT molecular complexity index is 1700. The van der Waals surface area contributed by atoms with Crippen LogP contribution in [0.3, 0.4) is 0 Å². The van der Waals surface area contributed by atoms with Gasteiger partial charge in [-0.3, -0.25) is 13.9 Å². The summed E-state index contributed by atoms with van der Waals surface area (Å²) in [5.74, 6) is -1.56. The highest BCUT2D eigenvalue weighted by Gasteiger charge is 2.35. The third kappa shape index (κ3) is 8.71. The number of aryl methyl sites for hydroxylation is 1. The van der Waals surface area contributed by atoms with Gasteiger partial charge in [0.15, 0.2) is 0 Å². The molecule has 4 aromatic carbocycles. The molecule has 45 heavy (non-hydrogen) atoms. The van der Waals surface area contributed by atoms with Gasteiger partial charge in [-0.2, -0.15) is 0 Å². The molecule has 2 amide bonds. The fourth-order valence-corrected chi connectivity index (χ4v) is 6.39. The summed E-state index contributed by atoms with van der Waals surface area (Å²) < 4.78 is 42.8. The fourth-order valence-electron chi connectivity index (χ4n) is 4.78. The van der Waals surface area contributed by atoms with E-state index in [1.165, 1.54) is 4.90 Å². The van der Waals surface area contributed by atoms with Gasteiger partial charge in [0.25, 0.3) is 10.0 Å². The number of hydrogen-bond donors (Lipinski definition) is 1. The molecule has 0 bridgehead atoms. The van der Waals surface area contributed by atoms with E-state index < -0.39 is 34.3 Å². The summed E-state index contributed by atoms with van der Waals surface area (Å²) in [6.07, 6.45) is 0.869. The van der Waals surface area contributed by atoms with Crippen molar-refractivity contribution in [3.05, 3.63) is 131 Å². The molecule has 2 atom stereocenters. The van der Waals surface area contributed by atoms with E-state index in [-0.39, 0.29) is 35.5 Å². The topological polar surface area (TPSA) is 86.8 Å². The Labute approximate surface area is 269 Å². The number of nitrogens with one attached hydrogen (secondary N) is 1. The zero-order valence-electron chi connectivity index (χ0n) is 25.5. The van der Waals surface area contributed by atoms with E-state index in [2.05, 4.69) is 5.32 Å². The molecule has 0 spiro atoms. The second-order valence-electron chi connectivity index (χ2n) is 10.9. The quantitative estimate of drug-likeness (QED) is 0.178. The molecule has 7 nitrogen and oxygen atoms in total. The molecule has 0 unspecified atom stereocenters. The molecule has 4 rings (SSSR count). The van der Waals surface area contributed by atoms with Crippen molar-refractivity contribution in [1.82, 2.24) is 10.2 Å². The number of carbonyl (C=O) groups is 2. The Hall–Kier alpha value is -4.21. The summed E-state index contributed by atoms with van der Waals surface area (Å²) in [6.45, 7) is 5.04. The van der Waals surface area contributed by atoms with Gasteiger partial charge in [0, 0.05) is 24.0 Å². The molecule has 0 fully saturated rings. The van der Waals surface area contributed by atoms with E-state index in [1.54, 1.807) is 48.5 Å². The van der Waals surface area contributed by atoms with E-state index >= 15 is 0 Å². The molecule has 0 saturated carbocycles. The third-order valence-electron chi connectivity index (χ3n) is 7.57. The average molecular weight is 650 g/mol. The van der Waals surface area contributed by atoms with Gasteiger partial charge in [-0.15, -0.1) is 0 Å². The minimum atomic E-state index is -4.33. The smallest absolute Gasteiger partial charge is 0.264 e. The van der Waals surface area contributed by atoms with Crippen LogP contribution in [0.4, 0.5) is 10.1 Å². The first-order valence-corrected chi connectivity index (χ1v) is 16.5. The maximum absolute atomic E-state index is 14.5. The molecular formula is C35H37ClFN3O4S. The van der Waals surface area contributed by atoms with Gasteiger partial charge < -0.3 is 10.2 Å². The molecule has 4 aromatic rings. The third-order valence-corrected chi connectivity index (χ3v) is 9.73. The lowest BCUT2D eigenvalue weighted by Gasteiger charge is -2.34. The molecule has 0 aliphatic heterocycles. The summed E-state index contributed by atoms with van der Waals surface area (Å²) in [7, 11) is -4.33. The van der Waals surface area contributed by atoms with Gasteiger partial charge in [-0.05, 0) is 73.9 Å². The molecule has 0 radical (unpaired) electrons.